The van der Waals surface area contributed by atoms with Gasteiger partial charge in [0.1, 0.15) is 0 Å². The Bertz CT molecular complexity index is 1130. The molecule has 4 rings (SSSR count). The number of amides is 1. The normalized spacial score (nSPS) is 16.1. The molecule has 1 aliphatic rings. The first kappa shape index (κ1) is 22.0. The van der Waals surface area contributed by atoms with Gasteiger partial charge in [0.25, 0.3) is 5.56 Å². The largest absolute Gasteiger partial charge is 0.354 e. The van der Waals surface area contributed by atoms with Gasteiger partial charge in [-0.05, 0) is 44.0 Å². The molecule has 3 aromatic rings. The predicted molar refractivity (Wildman–Crippen MR) is 124 cm³/mol. The van der Waals surface area contributed by atoms with E-state index < -0.39 is 0 Å². The number of carbonyl (C=O) groups excluding carboxylic acids is 1. The number of benzene rings is 1. The van der Waals surface area contributed by atoms with Crippen LogP contribution in [0, 0.1) is 12.8 Å². The van der Waals surface area contributed by atoms with E-state index in [1.807, 2.05) is 36.4 Å². The van der Waals surface area contributed by atoms with Crippen LogP contribution in [0.3, 0.4) is 0 Å². The zero-order valence-corrected chi connectivity index (χ0v) is 18.6. The van der Waals surface area contributed by atoms with Gasteiger partial charge >= 0.3 is 0 Å². The van der Waals surface area contributed by atoms with E-state index in [4.69, 9.17) is 11.6 Å². The molecule has 1 aromatic carbocycles. The van der Waals surface area contributed by atoms with Crippen molar-refractivity contribution in [1.29, 1.82) is 0 Å². The fourth-order valence-corrected chi connectivity index (χ4v) is 3.96. The third kappa shape index (κ3) is 5.13. The number of aryl methyl sites for hydroxylation is 1. The van der Waals surface area contributed by atoms with Crippen molar-refractivity contribution in [3.63, 3.8) is 0 Å². The van der Waals surface area contributed by atoms with Crippen molar-refractivity contribution >= 4 is 23.3 Å². The first-order chi connectivity index (χ1) is 15.5. The number of anilines is 1. The number of hydrogen-bond acceptors (Lipinski definition) is 6. The van der Waals surface area contributed by atoms with E-state index in [1.165, 1.54) is 10.9 Å². The number of aromatic nitrogens is 4. The maximum Gasteiger partial charge on any atom is 0.256 e. The van der Waals surface area contributed by atoms with Crippen LogP contribution in [-0.4, -0.2) is 45.3 Å². The SMILES string of the molecule is Cc1cncn(CCNC(=O)C2CCCN(c3ccc(-c4ccc(Cl)cc4)nn3)C2)c1=O. The molecule has 0 saturated carbocycles. The number of carbonyl (C=O) groups is 1. The van der Waals surface area contributed by atoms with Gasteiger partial charge in [0, 0.05) is 48.5 Å². The monoisotopic (exact) mass is 452 g/mol. The van der Waals surface area contributed by atoms with E-state index in [0.717, 1.165) is 36.5 Å². The smallest absolute Gasteiger partial charge is 0.256 e. The molecular weight excluding hydrogens is 428 g/mol. The van der Waals surface area contributed by atoms with Crippen molar-refractivity contribution < 1.29 is 4.79 Å². The van der Waals surface area contributed by atoms with E-state index in [9.17, 15) is 9.59 Å². The van der Waals surface area contributed by atoms with Gasteiger partial charge < -0.3 is 10.2 Å². The minimum Gasteiger partial charge on any atom is -0.354 e. The Hall–Kier alpha value is -3.26. The highest BCUT2D eigenvalue weighted by Crippen LogP contribution is 2.24. The summed E-state index contributed by atoms with van der Waals surface area (Å²) in [5, 5.41) is 12.4. The van der Waals surface area contributed by atoms with E-state index in [1.54, 1.807) is 13.1 Å². The maximum absolute atomic E-state index is 12.7. The van der Waals surface area contributed by atoms with E-state index in [0.29, 0.717) is 30.2 Å². The summed E-state index contributed by atoms with van der Waals surface area (Å²) in [6.45, 7) is 3.94. The average molecular weight is 453 g/mol. The molecule has 3 heterocycles. The summed E-state index contributed by atoms with van der Waals surface area (Å²) < 4.78 is 1.51. The Morgan fingerprint density at radius 3 is 2.75 bits per heavy atom. The summed E-state index contributed by atoms with van der Waals surface area (Å²) in [5.41, 5.74) is 2.23. The highest BCUT2D eigenvalue weighted by molar-refractivity contribution is 6.30. The van der Waals surface area contributed by atoms with Crippen molar-refractivity contribution in [3.8, 4) is 11.3 Å². The van der Waals surface area contributed by atoms with Crippen LogP contribution in [0.25, 0.3) is 11.3 Å². The lowest BCUT2D eigenvalue weighted by atomic mass is 9.97. The van der Waals surface area contributed by atoms with Gasteiger partial charge in [-0.1, -0.05) is 23.7 Å². The predicted octanol–water partition coefficient (Wildman–Crippen LogP) is 2.69. The molecule has 2 aromatic heterocycles. The van der Waals surface area contributed by atoms with Crippen molar-refractivity contribution in [2.75, 3.05) is 24.5 Å². The Morgan fingerprint density at radius 1 is 1.19 bits per heavy atom. The van der Waals surface area contributed by atoms with E-state index >= 15 is 0 Å². The van der Waals surface area contributed by atoms with Gasteiger partial charge in [-0.25, -0.2) is 4.98 Å². The molecule has 1 N–H and O–H groups in total. The van der Waals surface area contributed by atoms with Gasteiger partial charge in [0.15, 0.2) is 5.82 Å². The Labute approximate surface area is 191 Å². The molecule has 0 bridgehead atoms. The molecule has 1 atom stereocenters. The van der Waals surface area contributed by atoms with Crippen LogP contribution in [-0.2, 0) is 11.3 Å². The summed E-state index contributed by atoms with van der Waals surface area (Å²) in [7, 11) is 0. The maximum atomic E-state index is 12.7. The van der Waals surface area contributed by atoms with Gasteiger partial charge in [0.2, 0.25) is 5.91 Å². The second kappa shape index (κ2) is 9.91. The molecule has 9 heteroatoms. The summed E-state index contributed by atoms with van der Waals surface area (Å²) in [4.78, 5) is 30.9. The zero-order valence-electron chi connectivity index (χ0n) is 17.9. The Balaban J connectivity index is 1.33. The minimum absolute atomic E-state index is 0.00546. The molecule has 8 nitrogen and oxygen atoms in total. The standard InChI is InChI=1S/C23H25ClN6O2/c1-16-13-25-15-30(23(16)32)12-10-26-22(31)18-3-2-11-29(14-18)21-9-8-20(27-28-21)17-4-6-19(24)7-5-17/h4-9,13,15,18H,2-3,10-12,14H2,1H3,(H,26,31). The molecule has 1 aliphatic heterocycles. The van der Waals surface area contributed by atoms with Crippen molar-refractivity contribution in [1.82, 2.24) is 25.1 Å². The van der Waals surface area contributed by atoms with Crippen molar-refractivity contribution in [3.05, 3.63) is 69.9 Å². The minimum atomic E-state index is -0.131. The third-order valence-electron chi connectivity index (χ3n) is 5.63. The van der Waals surface area contributed by atoms with Gasteiger partial charge in [-0.3, -0.25) is 14.2 Å². The molecule has 32 heavy (non-hydrogen) atoms. The molecule has 1 fully saturated rings. The van der Waals surface area contributed by atoms with Crippen LogP contribution in [0.2, 0.25) is 5.02 Å². The summed E-state index contributed by atoms with van der Waals surface area (Å²) in [6.07, 6.45) is 4.76. The molecule has 0 aliphatic carbocycles. The van der Waals surface area contributed by atoms with Crippen LogP contribution in [0.1, 0.15) is 18.4 Å². The van der Waals surface area contributed by atoms with Gasteiger partial charge in [-0.15, -0.1) is 10.2 Å². The highest BCUT2D eigenvalue weighted by Gasteiger charge is 2.26. The molecule has 0 spiro atoms. The molecule has 1 unspecified atom stereocenters. The van der Waals surface area contributed by atoms with Crippen LogP contribution in [0.15, 0.2) is 53.7 Å². The van der Waals surface area contributed by atoms with Crippen LogP contribution >= 0.6 is 11.6 Å². The van der Waals surface area contributed by atoms with E-state index in [2.05, 4.69) is 25.4 Å². The highest BCUT2D eigenvalue weighted by atomic mass is 35.5. The lowest BCUT2D eigenvalue weighted by molar-refractivity contribution is -0.125. The fourth-order valence-electron chi connectivity index (χ4n) is 3.83. The number of piperidine rings is 1. The van der Waals surface area contributed by atoms with Crippen molar-refractivity contribution in [2.45, 2.75) is 26.3 Å². The van der Waals surface area contributed by atoms with Gasteiger partial charge in [-0.2, -0.15) is 0 Å². The first-order valence-electron chi connectivity index (χ1n) is 10.6. The Morgan fingerprint density at radius 2 is 2.00 bits per heavy atom. The first-order valence-corrected chi connectivity index (χ1v) is 11.0. The lowest BCUT2D eigenvalue weighted by Gasteiger charge is -2.32. The number of nitrogens with one attached hydrogen (secondary N) is 1. The Kier molecular flexibility index (Phi) is 6.80. The molecule has 1 amide bonds. The second-order valence-corrected chi connectivity index (χ2v) is 8.37. The van der Waals surface area contributed by atoms with E-state index in [-0.39, 0.29) is 17.4 Å². The second-order valence-electron chi connectivity index (χ2n) is 7.94. The molecule has 166 valence electrons. The van der Waals surface area contributed by atoms with Crippen LogP contribution in [0.4, 0.5) is 5.82 Å². The van der Waals surface area contributed by atoms with Crippen LogP contribution in [0.5, 0.6) is 0 Å². The van der Waals surface area contributed by atoms with Crippen LogP contribution < -0.4 is 15.8 Å². The topological polar surface area (TPSA) is 93.0 Å². The quantitative estimate of drug-likeness (QED) is 0.618. The lowest BCUT2D eigenvalue weighted by Crippen LogP contribution is -2.44. The third-order valence-corrected chi connectivity index (χ3v) is 5.88. The fraction of sp³-hybridized carbons (Fsp3) is 0.348. The van der Waals surface area contributed by atoms with Crippen molar-refractivity contribution in [2.24, 2.45) is 5.92 Å². The number of hydrogen-bond donors (Lipinski definition) is 1. The molecular formula is C23H25ClN6O2. The number of halogens is 1. The molecule has 1 saturated heterocycles. The molecule has 0 radical (unpaired) electrons. The zero-order chi connectivity index (χ0) is 22.5. The van der Waals surface area contributed by atoms with Gasteiger partial charge in [0.05, 0.1) is 17.9 Å². The summed E-state index contributed by atoms with van der Waals surface area (Å²) in [6, 6.07) is 11.3. The number of nitrogens with zero attached hydrogens (tertiary/aromatic N) is 5. The average Bonchev–Trinajstić information content (AvgIpc) is 2.82. The summed E-state index contributed by atoms with van der Waals surface area (Å²) >= 11 is 5.95. The summed E-state index contributed by atoms with van der Waals surface area (Å²) in [5.74, 6) is 0.626. The number of rotatable bonds is 6.